The van der Waals surface area contributed by atoms with E-state index in [9.17, 15) is 19.8 Å². The molecule has 0 aromatic heterocycles. The lowest BCUT2D eigenvalue weighted by molar-refractivity contribution is -0.143. The van der Waals surface area contributed by atoms with Crippen molar-refractivity contribution in [1.29, 1.82) is 0 Å². The summed E-state index contributed by atoms with van der Waals surface area (Å²) < 4.78 is 5.51. The molecule has 0 spiro atoms. The number of unbranched alkanes of at least 4 members (excludes halogenated alkanes) is 60. The summed E-state index contributed by atoms with van der Waals surface area (Å²) in [5.74, 6) is -0.0451. The molecular weight excluding hydrogens is 1070 g/mol. The predicted molar refractivity (Wildman–Crippen MR) is 384 cm³/mol. The number of nitrogens with one attached hydrogen (secondary N) is 1. The van der Waals surface area contributed by atoms with Crippen LogP contribution in [0.2, 0.25) is 0 Å². The van der Waals surface area contributed by atoms with Crippen molar-refractivity contribution in [2.24, 2.45) is 0 Å². The van der Waals surface area contributed by atoms with Gasteiger partial charge in [0.25, 0.3) is 0 Å². The molecule has 0 saturated carbocycles. The van der Waals surface area contributed by atoms with Crippen molar-refractivity contribution in [3.8, 4) is 0 Å². The molecule has 2 atom stereocenters. The summed E-state index contributed by atoms with van der Waals surface area (Å²) in [4.78, 5) is 24.7. The first-order chi connectivity index (χ1) is 43.0. The van der Waals surface area contributed by atoms with E-state index in [1.165, 1.54) is 372 Å². The summed E-state index contributed by atoms with van der Waals surface area (Å²) in [6, 6.07) is -0.629. The van der Waals surface area contributed by atoms with E-state index in [0.717, 1.165) is 44.9 Å². The Morgan fingerprint density at radius 2 is 0.575 bits per heavy atom. The number of hydrogen-bond acceptors (Lipinski definition) is 5. The quantitative estimate of drug-likeness (QED) is 0.0320. The molecule has 0 aromatic carbocycles. The fraction of sp³-hybridized carbons (Fsp3) is 0.901. The number of aliphatic hydroxyl groups is 2. The van der Waals surface area contributed by atoms with Crippen LogP contribution in [-0.2, 0) is 14.3 Å². The highest BCUT2D eigenvalue weighted by Gasteiger charge is 2.18. The molecular formula is C81H155NO5. The van der Waals surface area contributed by atoms with E-state index < -0.39 is 12.1 Å². The topological polar surface area (TPSA) is 95.9 Å². The lowest BCUT2D eigenvalue weighted by Gasteiger charge is -2.20. The van der Waals surface area contributed by atoms with Gasteiger partial charge in [-0.1, -0.05) is 403 Å². The van der Waals surface area contributed by atoms with E-state index in [1.807, 2.05) is 6.08 Å². The van der Waals surface area contributed by atoms with Gasteiger partial charge in [-0.25, -0.2) is 0 Å². The van der Waals surface area contributed by atoms with Gasteiger partial charge in [-0.2, -0.15) is 0 Å². The van der Waals surface area contributed by atoms with Crippen LogP contribution in [0.3, 0.4) is 0 Å². The number of esters is 1. The Labute approximate surface area is 544 Å². The molecule has 0 radical (unpaired) electrons. The Hall–Kier alpha value is -1.92. The monoisotopic (exact) mass is 1220 g/mol. The molecule has 0 aromatic rings. The van der Waals surface area contributed by atoms with Gasteiger partial charge in [0, 0.05) is 12.8 Å². The number of hydrogen-bond donors (Lipinski definition) is 3. The third-order valence-corrected chi connectivity index (χ3v) is 18.7. The van der Waals surface area contributed by atoms with Gasteiger partial charge >= 0.3 is 5.97 Å². The van der Waals surface area contributed by atoms with Crippen LogP contribution in [-0.4, -0.2) is 47.4 Å². The highest BCUT2D eigenvalue weighted by molar-refractivity contribution is 5.76. The number of ether oxygens (including phenoxy) is 1. The van der Waals surface area contributed by atoms with Crippen molar-refractivity contribution in [3.05, 3.63) is 36.5 Å². The van der Waals surface area contributed by atoms with Gasteiger partial charge in [-0.3, -0.25) is 9.59 Å². The normalized spacial score (nSPS) is 12.6. The van der Waals surface area contributed by atoms with Gasteiger partial charge in [-0.15, -0.1) is 0 Å². The van der Waals surface area contributed by atoms with E-state index in [-0.39, 0.29) is 18.5 Å². The first-order valence-corrected chi connectivity index (χ1v) is 39.8. The number of carbonyl (C=O) groups is 2. The van der Waals surface area contributed by atoms with Crippen LogP contribution in [0.5, 0.6) is 0 Å². The Morgan fingerprint density at radius 1 is 0.322 bits per heavy atom. The summed E-state index contributed by atoms with van der Waals surface area (Å²) >= 11 is 0. The van der Waals surface area contributed by atoms with E-state index in [2.05, 4.69) is 43.5 Å². The Bertz CT molecular complexity index is 1410. The molecule has 0 bridgehead atoms. The largest absolute Gasteiger partial charge is 0.466 e. The van der Waals surface area contributed by atoms with Gasteiger partial charge in [0.15, 0.2) is 0 Å². The first kappa shape index (κ1) is 85.1. The second-order valence-corrected chi connectivity index (χ2v) is 27.4. The summed E-state index contributed by atoms with van der Waals surface area (Å²) in [5.41, 5.74) is 0. The average Bonchev–Trinajstić information content (AvgIpc) is 3.58. The highest BCUT2D eigenvalue weighted by Crippen LogP contribution is 2.20. The van der Waals surface area contributed by atoms with E-state index >= 15 is 0 Å². The molecule has 0 saturated heterocycles. The smallest absolute Gasteiger partial charge is 0.305 e. The highest BCUT2D eigenvalue weighted by atomic mass is 16.5. The van der Waals surface area contributed by atoms with Crippen LogP contribution in [0.4, 0.5) is 0 Å². The molecule has 0 fully saturated rings. The maximum atomic E-state index is 12.5. The molecule has 3 N–H and O–H groups in total. The lowest BCUT2D eigenvalue weighted by Crippen LogP contribution is -2.45. The lowest BCUT2D eigenvalue weighted by atomic mass is 10.0. The molecule has 514 valence electrons. The van der Waals surface area contributed by atoms with Gasteiger partial charge in [-0.05, 0) is 64.2 Å². The summed E-state index contributed by atoms with van der Waals surface area (Å²) in [6.07, 6.45) is 99.8. The summed E-state index contributed by atoms with van der Waals surface area (Å²) in [7, 11) is 0. The van der Waals surface area contributed by atoms with Crippen molar-refractivity contribution in [2.75, 3.05) is 13.2 Å². The predicted octanol–water partition coefficient (Wildman–Crippen LogP) is 26.2. The first-order valence-electron chi connectivity index (χ1n) is 39.8. The average molecular weight is 1220 g/mol. The molecule has 0 rings (SSSR count). The standard InChI is InChI=1S/C81H155NO5/c1-3-5-7-9-11-13-15-17-19-21-22-23-35-38-42-45-49-53-57-61-65-69-73-79(84)78(77-83)82-80(85)74-70-66-62-58-54-50-46-43-39-36-33-31-29-27-25-24-26-28-30-32-34-37-40-44-48-52-56-60-64-68-72-76-87-81(86)75-71-67-63-59-55-51-47-41-20-18-16-14-12-10-8-6-4-2/h26,28,32,34,69,73,78-79,83-84H,3-25,27,29-31,33,35-68,70-72,74-77H2,1-2H3,(H,82,85)/b28-26-,34-32-,73-69+. The molecule has 2 unspecified atom stereocenters. The molecule has 0 heterocycles. The van der Waals surface area contributed by atoms with Crippen molar-refractivity contribution in [3.63, 3.8) is 0 Å². The zero-order chi connectivity index (χ0) is 62.8. The fourth-order valence-electron chi connectivity index (χ4n) is 12.6. The molecule has 0 aliphatic rings. The Balaban J connectivity index is 3.40. The van der Waals surface area contributed by atoms with Crippen LogP contribution >= 0.6 is 0 Å². The van der Waals surface area contributed by atoms with E-state index in [1.54, 1.807) is 6.08 Å². The third kappa shape index (κ3) is 73.0. The van der Waals surface area contributed by atoms with Crippen molar-refractivity contribution in [2.45, 2.75) is 456 Å². The zero-order valence-electron chi connectivity index (χ0n) is 59.0. The Kier molecular flexibility index (Phi) is 74.8. The summed E-state index contributed by atoms with van der Waals surface area (Å²) in [6.45, 7) is 4.95. The second-order valence-electron chi connectivity index (χ2n) is 27.4. The number of amides is 1. The van der Waals surface area contributed by atoms with Gasteiger partial charge in [0.2, 0.25) is 5.91 Å². The van der Waals surface area contributed by atoms with Crippen LogP contribution < -0.4 is 5.32 Å². The van der Waals surface area contributed by atoms with Crippen molar-refractivity contribution in [1.82, 2.24) is 5.32 Å². The number of rotatable bonds is 75. The zero-order valence-corrected chi connectivity index (χ0v) is 59.0. The fourth-order valence-corrected chi connectivity index (χ4v) is 12.6. The van der Waals surface area contributed by atoms with Gasteiger partial charge in [0.05, 0.1) is 25.4 Å². The minimum atomic E-state index is -0.846. The maximum Gasteiger partial charge on any atom is 0.305 e. The molecule has 0 aliphatic heterocycles. The summed E-state index contributed by atoms with van der Waals surface area (Å²) in [5, 5.41) is 23.3. The van der Waals surface area contributed by atoms with Crippen LogP contribution in [0.1, 0.15) is 444 Å². The second kappa shape index (κ2) is 76.5. The molecule has 6 nitrogen and oxygen atoms in total. The van der Waals surface area contributed by atoms with Crippen LogP contribution in [0.15, 0.2) is 36.5 Å². The van der Waals surface area contributed by atoms with Crippen LogP contribution in [0.25, 0.3) is 0 Å². The molecule has 0 aliphatic carbocycles. The number of allylic oxidation sites excluding steroid dienone is 5. The minimum absolute atomic E-state index is 0.0177. The number of aliphatic hydroxyl groups excluding tert-OH is 2. The molecule has 6 heteroatoms. The maximum absolute atomic E-state index is 12.5. The molecule has 87 heavy (non-hydrogen) atoms. The van der Waals surface area contributed by atoms with Crippen molar-refractivity contribution < 1.29 is 24.5 Å². The molecule has 1 amide bonds. The van der Waals surface area contributed by atoms with Gasteiger partial charge < -0.3 is 20.3 Å². The third-order valence-electron chi connectivity index (χ3n) is 18.7. The van der Waals surface area contributed by atoms with E-state index in [4.69, 9.17) is 4.74 Å². The van der Waals surface area contributed by atoms with E-state index in [0.29, 0.717) is 19.4 Å². The Morgan fingerprint density at radius 3 is 0.874 bits per heavy atom. The van der Waals surface area contributed by atoms with Crippen LogP contribution in [0, 0.1) is 0 Å². The van der Waals surface area contributed by atoms with Gasteiger partial charge in [0.1, 0.15) is 0 Å². The van der Waals surface area contributed by atoms with Crippen molar-refractivity contribution >= 4 is 11.9 Å². The number of carbonyl (C=O) groups excluding carboxylic acids is 2. The SMILES string of the molecule is CCCCCCCCCCCCCCCCCCCCCC/C=C/C(O)C(CO)NC(=O)CCCCCCCCCCCCCCCCC/C=C\C/C=C\CCCCCCCCCCCOC(=O)CCCCCCCCCCCCCCCCCCC. The minimum Gasteiger partial charge on any atom is -0.466 e.